The number of benzene rings is 1. The molecule has 0 heterocycles. The Labute approximate surface area is 109 Å². The Hall–Kier alpha value is -1.15. The van der Waals surface area contributed by atoms with Crippen LogP contribution in [0.1, 0.15) is 44.2 Å². The van der Waals surface area contributed by atoms with Crippen LogP contribution in [0.3, 0.4) is 0 Å². The van der Waals surface area contributed by atoms with Crippen molar-refractivity contribution in [3.8, 4) is 0 Å². The van der Waals surface area contributed by atoms with Gasteiger partial charge >= 0.3 is 0 Å². The van der Waals surface area contributed by atoms with E-state index >= 15 is 0 Å². The largest absolute Gasteiger partial charge is 0.313 e. The van der Waals surface area contributed by atoms with Crippen LogP contribution in [0.15, 0.2) is 24.3 Å². The minimum atomic E-state index is -0.107. The minimum absolute atomic E-state index is 0.107. The molecule has 0 radical (unpaired) electrons. The first-order chi connectivity index (χ1) is 8.70. The molecule has 0 aromatic heterocycles. The molecule has 1 aliphatic carbocycles. The molecule has 98 valence electrons. The molecule has 1 aromatic carbocycles. The van der Waals surface area contributed by atoms with Crippen molar-refractivity contribution in [3.05, 3.63) is 41.2 Å². The van der Waals surface area contributed by atoms with Crippen LogP contribution in [0.2, 0.25) is 0 Å². The summed E-state index contributed by atoms with van der Waals surface area (Å²) in [6.45, 7) is 5.80. The van der Waals surface area contributed by atoms with Crippen molar-refractivity contribution in [1.82, 2.24) is 5.32 Å². The van der Waals surface area contributed by atoms with Crippen LogP contribution in [-0.2, 0) is 6.54 Å². The third-order valence-electron chi connectivity index (χ3n) is 3.66. The Morgan fingerprint density at radius 2 is 2.22 bits per heavy atom. The van der Waals surface area contributed by atoms with Crippen molar-refractivity contribution < 1.29 is 4.39 Å². The standard InChI is InChI=1S/C16H22FN/c1-3-18-11-15-10-14(8-9-16(15)17)13-6-4-12(2)5-7-13/h6,8-10,12,18H,3-5,7,11H2,1-2H3. The zero-order chi connectivity index (χ0) is 13.0. The van der Waals surface area contributed by atoms with Crippen molar-refractivity contribution in [3.63, 3.8) is 0 Å². The second-order valence-electron chi connectivity index (χ2n) is 5.20. The summed E-state index contributed by atoms with van der Waals surface area (Å²) in [6, 6.07) is 5.51. The molecule has 1 aliphatic rings. The topological polar surface area (TPSA) is 12.0 Å². The third-order valence-corrected chi connectivity index (χ3v) is 3.66. The van der Waals surface area contributed by atoms with Gasteiger partial charge in [0.05, 0.1) is 0 Å². The zero-order valence-electron chi connectivity index (χ0n) is 11.3. The smallest absolute Gasteiger partial charge is 0.127 e. The van der Waals surface area contributed by atoms with Crippen LogP contribution < -0.4 is 5.32 Å². The molecule has 1 nitrogen and oxygen atoms in total. The van der Waals surface area contributed by atoms with Crippen LogP contribution in [0.25, 0.3) is 5.57 Å². The summed E-state index contributed by atoms with van der Waals surface area (Å²) in [5, 5.41) is 3.18. The summed E-state index contributed by atoms with van der Waals surface area (Å²) in [6.07, 6.45) is 5.83. The normalized spacial score (nSPS) is 19.7. The van der Waals surface area contributed by atoms with Gasteiger partial charge in [-0.15, -0.1) is 0 Å². The number of allylic oxidation sites excluding steroid dienone is 2. The summed E-state index contributed by atoms with van der Waals surface area (Å²) in [7, 11) is 0. The van der Waals surface area contributed by atoms with E-state index in [4.69, 9.17) is 0 Å². The Bertz CT molecular complexity index is 437. The maximum Gasteiger partial charge on any atom is 0.127 e. The van der Waals surface area contributed by atoms with Gasteiger partial charge in [-0.3, -0.25) is 0 Å². The van der Waals surface area contributed by atoms with Gasteiger partial charge in [-0.05, 0) is 55.0 Å². The third kappa shape index (κ3) is 3.20. The number of hydrogen-bond acceptors (Lipinski definition) is 1. The fraction of sp³-hybridized carbons (Fsp3) is 0.500. The molecule has 0 bridgehead atoms. The number of hydrogen-bond donors (Lipinski definition) is 1. The highest BCUT2D eigenvalue weighted by Crippen LogP contribution is 2.30. The van der Waals surface area contributed by atoms with E-state index in [-0.39, 0.29) is 5.82 Å². The highest BCUT2D eigenvalue weighted by Gasteiger charge is 2.12. The first-order valence-electron chi connectivity index (χ1n) is 6.89. The van der Waals surface area contributed by atoms with Gasteiger partial charge < -0.3 is 5.32 Å². The van der Waals surface area contributed by atoms with Crippen molar-refractivity contribution in [1.29, 1.82) is 0 Å². The number of nitrogens with one attached hydrogen (secondary N) is 1. The van der Waals surface area contributed by atoms with Crippen molar-refractivity contribution in [2.45, 2.75) is 39.7 Å². The molecule has 18 heavy (non-hydrogen) atoms. The quantitative estimate of drug-likeness (QED) is 0.843. The van der Waals surface area contributed by atoms with Crippen LogP contribution in [-0.4, -0.2) is 6.54 Å². The van der Waals surface area contributed by atoms with Gasteiger partial charge in [0, 0.05) is 12.1 Å². The molecule has 0 amide bonds. The minimum Gasteiger partial charge on any atom is -0.313 e. The van der Waals surface area contributed by atoms with Crippen molar-refractivity contribution in [2.24, 2.45) is 5.92 Å². The van der Waals surface area contributed by atoms with Crippen LogP contribution in [0.5, 0.6) is 0 Å². The van der Waals surface area contributed by atoms with E-state index in [1.807, 2.05) is 19.1 Å². The zero-order valence-corrected chi connectivity index (χ0v) is 11.3. The van der Waals surface area contributed by atoms with E-state index in [0.717, 1.165) is 30.9 Å². The fourth-order valence-electron chi connectivity index (χ4n) is 2.40. The summed E-state index contributed by atoms with van der Waals surface area (Å²) >= 11 is 0. The summed E-state index contributed by atoms with van der Waals surface area (Å²) in [4.78, 5) is 0. The molecule has 1 atom stereocenters. The second-order valence-corrected chi connectivity index (χ2v) is 5.20. The lowest BCUT2D eigenvalue weighted by atomic mass is 9.87. The van der Waals surface area contributed by atoms with E-state index in [2.05, 4.69) is 18.3 Å². The van der Waals surface area contributed by atoms with Gasteiger partial charge in [-0.1, -0.05) is 26.0 Å². The number of rotatable bonds is 4. The van der Waals surface area contributed by atoms with E-state index in [0.29, 0.717) is 6.54 Å². The molecule has 0 saturated carbocycles. The first kappa shape index (κ1) is 13.3. The molecule has 0 fully saturated rings. The molecular weight excluding hydrogens is 225 g/mol. The first-order valence-corrected chi connectivity index (χ1v) is 6.89. The molecule has 2 heteroatoms. The van der Waals surface area contributed by atoms with Gasteiger partial charge in [-0.25, -0.2) is 4.39 Å². The monoisotopic (exact) mass is 247 g/mol. The summed E-state index contributed by atoms with van der Waals surface area (Å²) < 4.78 is 13.7. The predicted octanol–water partition coefficient (Wildman–Crippen LogP) is 4.14. The molecule has 1 aromatic rings. The van der Waals surface area contributed by atoms with Crippen molar-refractivity contribution in [2.75, 3.05) is 6.54 Å². The van der Waals surface area contributed by atoms with Crippen LogP contribution >= 0.6 is 0 Å². The Morgan fingerprint density at radius 1 is 1.39 bits per heavy atom. The van der Waals surface area contributed by atoms with Crippen molar-refractivity contribution >= 4 is 5.57 Å². The summed E-state index contributed by atoms with van der Waals surface area (Å²) in [5.41, 5.74) is 3.34. The van der Waals surface area contributed by atoms with Gasteiger partial charge in [0.25, 0.3) is 0 Å². The maximum absolute atomic E-state index is 13.7. The van der Waals surface area contributed by atoms with E-state index in [9.17, 15) is 4.39 Å². The Kier molecular flexibility index (Phi) is 4.54. The molecule has 0 saturated heterocycles. The predicted molar refractivity (Wildman–Crippen MR) is 74.8 cm³/mol. The lowest BCUT2D eigenvalue weighted by Crippen LogP contribution is -2.13. The molecule has 2 rings (SSSR count). The highest BCUT2D eigenvalue weighted by molar-refractivity contribution is 5.66. The molecular formula is C16H22FN. The van der Waals surface area contributed by atoms with E-state index < -0.39 is 0 Å². The number of halogens is 1. The Morgan fingerprint density at radius 3 is 2.89 bits per heavy atom. The average molecular weight is 247 g/mol. The summed E-state index contributed by atoms with van der Waals surface area (Å²) in [5.74, 6) is 0.680. The molecule has 0 aliphatic heterocycles. The molecule has 1 unspecified atom stereocenters. The lowest BCUT2D eigenvalue weighted by molar-refractivity contribution is 0.533. The lowest BCUT2D eigenvalue weighted by Gasteiger charge is -2.19. The van der Waals surface area contributed by atoms with Crippen LogP contribution in [0, 0.1) is 11.7 Å². The van der Waals surface area contributed by atoms with Gasteiger partial charge in [0.1, 0.15) is 5.82 Å². The SMILES string of the molecule is CCNCc1cc(C2=CCC(C)CC2)ccc1F. The second kappa shape index (κ2) is 6.14. The maximum atomic E-state index is 13.7. The van der Waals surface area contributed by atoms with Gasteiger partial charge in [0.15, 0.2) is 0 Å². The van der Waals surface area contributed by atoms with E-state index in [1.54, 1.807) is 6.07 Å². The average Bonchev–Trinajstić information content (AvgIpc) is 2.39. The Balaban J connectivity index is 2.18. The highest BCUT2D eigenvalue weighted by atomic mass is 19.1. The van der Waals surface area contributed by atoms with Gasteiger partial charge in [-0.2, -0.15) is 0 Å². The van der Waals surface area contributed by atoms with E-state index in [1.165, 1.54) is 17.6 Å². The molecule has 0 spiro atoms. The fourth-order valence-corrected chi connectivity index (χ4v) is 2.40. The van der Waals surface area contributed by atoms with Gasteiger partial charge in [0.2, 0.25) is 0 Å². The molecule has 1 N–H and O–H groups in total. The van der Waals surface area contributed by atoms with Crippen LogP contribution in [0.4, 0.5) is 4.39 Å².